The summed E-state index contributed by atoms with van der Waals surface area (Å²) in [6, 6.07) is 8.12. The normalized spacial score (nSPS) is 10.7. The molecule has 0 aliphatic heterocycles. The maximum Gasteiger partial charge on any atom is 0.206 e. The molecule has 0 saturated carbocycles. The molecule has 0 fully saturated rings. The third-order valence-corrected chi connectivity index (χ3v) is 5.28. The average Bonchev–Trinajstić information content (AvgIpc) is 3.02. The van der Waals surface area contributed by atoms with Crippen LogP contribution < -0.4 is 5.32 Å². The molecule has 96 valence electrons. The first kappa shape index (κ1) is 12.6. The van der Waals surface area contributed by atoms with E-state index in [1.807, 2.05) is 18.2 Å². The van der Waals surface area contributed by atoms with E-state index in [4.69, 9.17) is 0 Å². The molecule has 0 radical (unpaired) electrons. The van der Waals surface area contributed by atoms with Gasteiger partial charge in [0, 0.05) is 6.54 Å². The van der Waals surface area contributed by atoms with Crippen LogP contribution in [0.4, 0.5) is 5.13 Å². The van der Waals surface area contributed by atoms with Gasteiger partial charge in [0.05, 0.1) is 10.2 Å². The Morgan fingerprint density at radius 2 is 2.11 bits per heavy atom. The van der Waals surface area contributed by atoms with Crippen molar-refractivity contribution in [2.45, 2.75) is 8.68 Å². The Bertz CT molecular complexity index is 671. The third-order valence-electron chi connectivity index (χ3n) is 2.25. The molecule has 7 heteroatoms. The summed E-state index contributed by atoms with van der Waals surface area (Å²) >= 11 is 4.75. The lowest BCUT2D eigenvalue weighted by Crippen LogP contribution is -1.96. The van der Waals surface area contributed by atoms with Crippen LogP contribution in [-0.2, 0) is 0 Å². The summed E-state index contributed by atoms with van der Waals surface area (Å²) in [6.07, 6.45) is 1.79. The van der Waals surface area contributed by atoms with Crippen molar-refractivity contribution < 1.29 is 0 Å². The van der Waals surface area contributed by atoms with Crippen molar-refractivity contribution in [3.8, 4) is 0 Å². The predicted molar refractivity (Wildman–Crippen MR) is 82.3 cm³/mol. The van der Waals surface area contributed by atoms with Crippen LogP contribution in [0.3, 0.4) is 0 Å². The fourth-order valence-electron chi connectivity index (χ4n) is 1.45. The molecule has 0 amide bonds. The summed E-state index contributed by atoms with van der Waals surface area (Å²) in [4.78, 5) is 4.56. The van der Waals surface area contributed by atoms with Crippen molar-refractivity contribution in [1.29, 1.82) is 0 Å². The van der Waals surface area contributed by atoms with Gasteiger partial charge in [-0.05, 0) is 23.9 Å². The summed E-state index contributed by atoms with van der Waals surface area (Å²) in [5.41, 5.74) is 1.03. The number of hydrogen-bond acceptors (Lipinski definition) is 7. The molecule has 0 bridgehead atoms. The van der Waals surface area contributed by atoms with Crippen molar-refractivity contribution >= 4 is 49.8 Å². The Labute approximate surface area is 122 Å². The number of para-hydroxylation sites is 1. The molecule has 0 atom stereocenters. The van der Waals surface area contributed by atoms with E-state index < -0.39 is 0 Å². The van der Waals surface area contributed by atoms with Crippen LogP contribution in [0, 0.1) is 0 Å². The predicted octanol–water partition coefficient (Wildman–Crippen LogP) is 3.90. The number of nitrogens with one attached hydrogen (secondary N) is 1. The highest BCUT2D eigenvalue weighted by Gasteiger charge is 2.09. The van der Waals surface area contributed by atoms with Gasteiger partial charge in [-0.15, -0.1) is 28.1 Å². The minimum Gasteiger partial charge on any atom is -0.357 e. The van der Waals surface area contributed by atoms with Crippen molar-refractivity contribution in [2.75, 3.05) is 11.9 Å². The Morgan fingerprint density at radius 1 is 1.21 bits per heavy atom. The van der Waals surface area contributed by atoms with E-state index in [9.17, 15) is 0 Å². The summed E-state index contributed by atoms with van der Waals surface area (Å²) in [5, 5.41) is 12.1. The molecule has 0 aliphatic carbocycles. The van der Waals surface area contributed by atoms with Crippen LogP contribution in [0.2, 0.25) is 0 Å². The summed E-state index contributed by atoms with van der Waals surface area (Å²) in [7, 11) is 0. The monoisotopic (exact) mass is 306 g/mol. The maximum absolute atomic E-state index is 4.56. The van der Waals surface area contributed by atoms with Crippen molar-refractivity contribution in [1.82, 2.24) is 15.2 Å². The van der Waals surface area contributed by atoms with Gasteiger partial charge < -0.3 is 5.32 Å². The zero-order chi connectivity index (χ0) is 13.1. The smallest absolute Gasteiger partial charge is 0.206 e. The molecule has 2 aromatic heterocycles. The Balaban J connectivity index is 1.76. The topological polar surface area (TPSA) is 50.7 Å². The second-order valence-electron chi connectivity index (χ2n) is 3.59. The lowest BCUT2D eigenvalue weighted by Gasteiger charge is -1.92. The lowest BCUT2D eigenvalue weighted by atomic mass is 10.3. The van der Waals surface area contributed by atoms with Gasteiger partial charge in [-0.2, -0.15) is 0 Å². The van der Waals surface area contributed by atoms with E-state index in [1.54, 1.807) is 29.2 Å². The van der Waals surface area contributed by atoms with E-state index in [1.165, 1.54) is 16.0 Å². The van der Waals surface area contributed by atoms with Crippen molar-refractivity contribution in [3.05, 3.63) is 36.9 Å². The molecule has 2 heterocycles. The highest BCUT2D eigenvalue weighted by Crippen LogP contribution is 2.36. The SMILES string of the molecule is C=CCNc1nnc(Sc2nc3ccccc3s2)s1. The minimum atomic E-state index is 0.695. The quantitative estimate of drug-likeness (QED) is 0.725. The maximum atomic E-state index is 4.56. The molecule has 19 heavy (non-hydrogen) atoms. The molecule has 1 N–H and O–H groups in total. The zero-order valence-electron chi connectivity index (χ0n) is 9.87. The van der Waals surface area contributed by atoms with E-state index in [2.05, 4.69) is 33.1 Å². The number of thiazole rings is 1. The Hall–Kier alpha value is -1.44. The summed E-state index contributed by atoms with van der Waals surface area (Å²) in [5.74, 6) is 0. The lowest BCUT2D eigenvalue weighted by molar-refractivity contribution is 1.01. The van der Waals surface area contributed by atoms with Gasteiger partial charge in [-0.25, -0.2) is 4.98 Å². The number of aromatic nitrogens is 3. The van der Waals surface area contributed by atoms with Gasteiger partial charge in [0.1, 0.15) is 0 Å². The minimum absolute atomic E-state index is 0.695. The zero-order valence-corrected chi connectivity index (χ0v) is 12.3. The molecule has 3 aromatic rings. The molecule has 0 unspecified atom stereocenters. The first-order chi connectivity index (χ1) is 9.35. The van der Waals surface area contributed by atoms with Gasteiger partial charge in [-0.3, -0.25) is 0 Å². The number of benzene rings is 1. The van der Waals surface area contributed by atoms with E-state index in [-0.39, 0.29) is 0 Å². The molecular formula is C12H10N4S3. The largest absolute Gasteiger partial charge is 0.357 e. The highest BCUT2D eigenvalue weighted by molar-refractivity contribution is 8.02. The van der Waals surface area contributed by atoms with Gasteiger partial charge in [-0.1, -0.05) is 29.5 Å². The van der Waals surface area contributed by atoms with Gasteiger partial charge in [0.25, 0.3) is 0 Å². The standard InChI is InChI=1S/C12H10N4S3/c1-2-7-13-10-15-16-12(18-10)19-11-14-8-5-3-4-6-9(8)17-11/h2-6H,1,7H2,(H,13,15). The molecule has 4 nitrogen and oxygen atoms in total. The van der Waals surface area contributed by atoms with Gasteiger partial charge in [0.15, 0.2) is 8.68 Å². The van der Waals surface area contributed by atoms with Gasteiger partial charge >= 0.3 is 0 Å². The van der Waals surface area contributed by atoms with Crippen LogP contribution in [0.15, 0.2) is 45.6 Å². The van der Waals surface area contributed by atoms with Gasteiger partial charge in [0.2, 0.25) is 5.13 Å². The van der Waals surface area contributed by atoms with Crippen molar-refractivity contribution in [3.63, 3.8) is 0 Å². The van der Waals surface area contributed by atoms with Crippen LogP contribution in [-0.4, -0.2) is 21.7 Å². The van der Waals surface area contributed by atoms with Crippen LogP contribution in [0.25, 0.3) is 10.2 Å². The van der Waals surface area contributed by atoms with E-state index in [0.29, 0.717) is 6.54 Å². The Kier molecular flexibility index (Phi) is 3.77. The van der Waals surface area contributed by atoms with E-state index in [0.717, 1.165) is 19.3 Å². The second-order valence-corrected chi connectivity index (χ2v) is 7.09. The Morgan fingerprint density at radius 3 is 2.95 bits per heavy atom. The number of hydrogen-bond donors (Lipinski definition) is 1. The fraction of sp³-hybridized carbons (Fsp3) is 0.0833. The number of nitrogens with zero attached hydrogens (tertiary/aromatic N) is 3. The van der Waals surface area contributed by atoms with E-state index >= 15 is 0 Å². The molecule has 0 saturated heterocycles. The second kappa shape index (κ2) is 5.68. The molecular weight excluding hydrogens is 296 g/mol. The molecule has 1 aromatic carbocycles. The third kappa shape index (κ3) is 2.94. The highest BCUT2D eigenvalue weighted by atomic mass is 32.2. The first-order valence-corrected chi connectivity index (χ1v) is 8.02. The van der Waals surface area contributed by atoms with Crippen molar-refractivity contribution in [2.24, 2.45) is 0 Å². The number of anilines is 1. The summed E-state index contributed by atoms with van der Waals surface area (Å²) < 4.78 is 3.08. The number of rotatable bonds is 5. The average molecular weight is 306 g/mol. The van der Waals surface area contributed by atoms with Crippen LogP contribution in [0.1, 0.15) is 0 Å². The molecule has 3 rings (SSSR count). The summed E-state index contributed by atoms with van der Waals surface area (Å²) in [6.45, 7) is 4.35. The molecule has 0 spiro atoms. The van der Waals surface area contributed by atoms with Crippen LogP contribution in [0.5, 0.6) is 0 Å². The molecule has 0 aliphatic rings. The van der Waals surface area contributed by atoms with Crippen LogP contribution >= 0.6 is 34.4 Å². The number of fused-ring (bicyclic) bond motifs is 1. The fourth-order valence-corrected chi connectivity index (χ4v) is 4.48. The first-order valence-electron chi connectivity index (χ1n) is 5.57.